The molecule has 1 amide bonds. The molecule has 1 fully saturated rings. The van der Waals surface area contributed by atoms with Crippen LogP contribution in [0.2, 0.25) is 0 Å². The van der Waals surface area contributed by atoms with E-state index < -0.39 is 17.6 Å². The Kier molecular flexibility index (Phi) is 4.07. The van der Waals surface area contributed by atoms with Gasteiger partial charge in [0.05, 0.1) is 0 Å². The number of carbonyl (C=O) groups excluding carboxylic acids is 1. The third-order valence-electron chi connectivity index (χ3n) is 3.51. The fourth-order valence-corrected chi connectivity index (χ4v) is 2.34. The Labute approximate surface area is 116 Å². The molecule has 7 nitrogen and oxygen atoms in total. The Morgan fingerprint density at radius 3 is 2.65 bits per heavy atom. The van der Waals surface area contributed by atoms with Crippen molar-refractivity contribution in [3.8, 4) is 0 Å². The fourth-order valence-electron chi connectivity index (χ4n) is 2.34. The summed E-state index contributed by atoms with van der Waals surface area (Å²) in [6, 6.07) is 1.69. The molecule has 1 aromatic heterocycles. The molecule has 2 heterocycles. The van der Waals surface area contributed by atoms with Crippen molar-refractivity contribution in [2.24, 2.45) is 0 Å². The molecule has 1 aliphatic heterocycles. The molecule has 0 unspecified atom stereocenters. The highest BCUT2D eigenvalue weighted by Gasteiger charge is 2.44. The molecule has 108 valence electrons. The van der Waals surface area contributed by atoms with Crippen molar-refractivity contribution in [2.45, 2.75) is 18.4 Å². The Bertz CT molecular complexity index is 490. The summed E-state index contributed by atoms with van der Waals surface area (Å²) < 4.78 is 6.41. The van der Waals surface area contributed by atoms with E-state index in [0.29, 0.717) is 25.9 Å². The van der Waals surface area contributed by atoms with E-state index in [-0.39, 0.29) is 6.61 Å². The highest BCUT2D eigenvalue weighted by atomic mass is 16.6. The Morgan fingerprint density at radius 1 is 1.45 bits per heavy atom. The van der Waals surface area contributed by atoms with Crippen LogP contribution in [-0.4, -0.2) is 51.5 Å². The second-order valence-electron chi connectivity index (χ2n) is 4.64. The van der Waals surface area contributed by atoms with E-state index in [1.165, 1.54) is 15.7 Å². The standard InChI is InChI=1S/C13H17N3O4/c1-2-10-20-12(19)15-8-4-13(5-9-15,11(17)18)16-7-3-6-14-16/h2-3,6-7H,1,4-5,8-10H2,(H,17,18). The normalized spacial score (nSPS) is 17.5. The summed E-state index contributed by atoms with van der Waals surface area (Å²) in [4.78, 5) is 24.8. The smallest absolute Gasteiger partial charge is 0.410 e. The molecule has 0 aromatic carbocycles. The zero-order chi connectivity index (χ0) is 14.6. The Morgan fingerprint density at radius 2 is 2.15 bits per heavy atom. The second kappa shape index (κ2) is 5.77. The van der Waals surface area contributed by atoms with Crippen molar-refractivity contribution in [3.05, 3.63) is 31.1 Å². The van der Waals surface area contributed by atoms with Crippen LogP contribution in [0.5, 0.6) is 0 Å². The first-order chi connectivity index (χ1) is 9.60. The lowest BCUT2D eigenvalue weighted by Gasteiger charge is -2.38. The minimum atomic E-state index is -1.08. The molecular weight excluding hydrogens is 262 g/mol. The molecule has 0 spiro atoms. The van der Waals surface area contributed by atoms with Crippen LogP contribution in [0.1, 0.15) is 12.8 Å². The number of ether oxygens (including phenoxy) is 1. The first-order valence-corrected chi connectivity index (χ1v) is 6.36. The molecule has 20 heavy (non-hydrogen) atoms. The van der Waals surface area contributed by atoms with Gasteiger partial charge in [0.25, 0.3) is 0 Å². The molecule has 7 heteroatoms. The van der Waals surface area contributed by atoms with Crippen molar-refractivity contribution in [1.29, 1.82) is 0 Å². The molecule has 1 N–H and O–H groups in total. The van der Waals surface area contributed by atoms with Gasteiger partial charge in [0.15, 0.2) is 5.54 Å². The van der Waals surface area contributed by atoms with Crippen molar-refractivity contribution < 1.29 is 19.4 Å². The fraction of sp³-hybridized carbons (Fsp3) is 0.462. The molecule has 0 bridgehead atoms. The molecule has 0 radical (unpaired) electrons. The minimum Gasteiger partial charge on any atom is -0.479 e. The van der Waals surface area contributed by atoms with Gasteiger partial charge in [-0.05, 0) is 6.07 Å². The van der Waals surface area contributed by atoms with Gasteiger partial charge >= 0.3 is 12.1 Å². The maximum Gasteiger partial charge on any atom is 0.410 e. The number of aromatic nitrogens is 2. The summed E-state index contributed by atoms with van der Waals surface area (Å²) in [5.74, 6) is -0.930. The average Bonchev–Trinajstić information content (AvgIpc) is 2.99. The van der Waals surface area contributed by atoms with Crippen molar-refractivity contribution in [3.63, 3.8) is 0 Å². The van der Waals surface area contributed by atoms with E-state index in [4.69, 9.17) is 4.74 Å². The van der Waals surface area contributed by atoms with Gasteiger partial charge in [-0.25, -0.2) is 9.59 Å². The zero-order valence-corrected chi connectivity index (χ0v) is 11.1. The Balaban J connectivity index is 2.06. The topological polar surface area (TPSA) is 84.7 Å². The maximum atomic E-state index is 11.7. The number of amides is 1. The summed E-state index contributed by atoms with van der Waals surface area (Å²) in [5.41, 5.74) is -1.08. The lowest BCUT2D eigenvalue weighted by molar-refractivity contribution is -0.151. The van der Waals surface area contributed by atoms with E-state index in [1.54, 1.807) is 18.5 Å². The lowest BCUT2D eigenvalue weighted by atomic mass is 9.88. The van der Waals surface area contributed by atoms with Crippen LogP contribution in [-0.2, 0) is 15.1 Å². The van der Waals surface area contributed by atoms with Gasteiger partial charge in [-0.2, -0.15) is 5.10 Å². The highest BCUT2D eigenvalue weighted by molar-refractivity contribution is 5.77. The van der Waals surface area contributed by atoms with E-state index in [2.05, 4.69) is 11.7 Å². The SMILES string of the molecule is C=CCOC(=O)N1CCC(C(=O)O)(n2cccn2)CC1. The number of likely N-dealkylation sites (tertiary alicyclic amines) is 1. The summed E-state index contributed by atoms with van der Waals surface area (Å²) in [6.07, 6.45) is 4.84. The number of piperidine rings is 1. The van der Waals surface area contributed by atoms with Gasteiger partial charge in [-0.3, -0.25) is 4.68 Å². The number of aliphatic carboxylic acids is 1. The molecule has 1 saturated heterocycles. The van der Waals surface area contributed by atoms with Crippen LogP contribution in [0.4, 0.5) is 4.79 Å². The van der Waals surface area contributed by atoms with Crippen molar-refractivity contribution >= 4 is 12.1 Å². The summed E-state index contributed by atoms with van der Waals surface area (Å²) in [7, 11) is 0. The largest absolute Gasteiger partial charge is 0.479 e. The molecule has 0 atom stereocenters. The number of carbonyl (C=O) groups is 2. The molecule has 0 aliphatic carbocycles. The number of hydrogen-bond donors (Lipinski definition) is 1. The monoisotopic (exact) mass is 279 g/mol. The quantitative estimate of drug-likeness (QED) is 0.834. The van der Waals surface area contributed by atoms with Gasteiger partial charge in [-0.1, -0.05) is 12.7 Å². The van der Waals surface area contributed by atoms with Crippen LogP contribution in [0.25, 0.3) is 0 Å². The number of hydrogen-bond acceptors (Lipinski definition) is 4. The molecular formula is C13H17N3O4. The van der Waals surface area contributed by atoms with Crippen LogP contribution in [0, 0.1) is 0 Å². The number of carboxylic acid groups (broad SMARTS) is 1. The van der Waals surface area contributed by atoms with Gasteiger partial charge in [0, 0.05) is 38.3 Å². The Hall–Kier alpha value is -2.31. The van der Waals surface area contributed by atoms with E-state index in [1.807, 2.05) is 0 Å². The van der Waals surface area contributed by atoms with Gasteiger partial charge < -0.3 is 14.7 Å². The van der Waals surface area contributed by atoms with E-state index >= 15 is 0 Å². The highest BCUT2D eigenvalue weighted by Crippen LogP contribution is 2.30. The lowest BCUT2D eigenvalue weighted by Crippen LogP contribution is -2.52. The zero-order valence-electron chi connectivity index (χ0n) is 11.1. The van der Waals surface area contributed by atoms with Crippen LogP contribution in [0.3, 0.4) is 0 Å². The minimum absolute atomic E-state index is 0.151. The molecule has 1 aliphatic rings. The second-order valence-corrected chi connectivity index (χ2v) is 4.64. The molecule has 1 aromatic rings. The van der Waals surface area contributed by atoms with Gasteiger partial charge in [-0.15, -0.1) is 0 Å². The third-order valence-corrected chi connectivity index (χ3v) is 3.51. The van der Waals surface area contributed by atoms with Crippen LogP contribution < -0.4 is 0 Å². The first kappa shape index (κ1) is 14.1. The van der Waals surface area contributed by atoms with Gasteiger partial charge in [0.1, 0.15) is 6.61 Å². The number of nitrogens with zero attached hydrogens (tertiary/aromatic N) is 3. The predicted molar refractivity (Wildman–Crippen MR) is 70.2 cm³/mol. The summed E-state index contributed by atoms with van der Waals surface area (Å²) >= 11 is 0. The van der Waals surface area contributed by atoms with E-state index in [9.17, 15) is 14.7 Å². The van der Waals surface area contributed by atoms with Crippen molar-refractivity contribution in [1.82, 2.24) is 14.7 Å². The third kappa shape index (κ3) is 2.52. The number of carboxylic acids is 1. The molecule has 0 saturated carbocycles. The average molecular weight is 279 g/mol. The van der Waals surface area contributed by atoms with Crippen molar-refractivity contribution in [2.75, 3.05) is 19.7 Å². The summed E-state index contributed by atoms with van der Waals surface area (Å²) in [5, 5.41) is 13.6. The summed E-state index contributed by atoms with van der Waals surface area (Å²) in [6.45, 7) is 4.27. The van der Waals surface area contributed by atoms with E-state index in [0.717, 1.165) is 0 Å². The molecule has 2 rings (SSSR count). The van der Waals surface area contributed by atoms with Gasteiger partial charge in [0.2, 0.25) is 0 Å². The predicted octanol–water partition coefficient (Wildman–Crippen LogP) is 1.08. The maximum absolute atomic E-state index is 11.7. The van der Waals surface area contributed by atoms with Crippen LogP contribution in [0.15, 0.2) is 31.1 Å². The number of rotatable bonds is 4. The first-order valence-electron chi connectivity index (χ1n) is 6.36. The van der Waals surface area contributed by atoms with Crippen LogP contribution >= 0.6 is 0 Å².